The molecule has 0 radical (unpaired) electrons. The lowest BCUT2D eigenvalue weighted by Crippen LogP contribution is -2.44. The van der Waals surface area contributed by atoms with Crippen LogP contribution < -0.4 is 10.6 Å². The van der Waals surface area contributed by atoms with E-state index in [1.807, 2.05) is 0 Å². The quantitative estimate of drug-likeness (QED) is 0.454. The van der Waals surface area contributed by atoms with E-state index >= 15 is 0 Å². The average molecular weight is 488 g/mol. The molecule has 1 aromatic heterocycles. The van der Waals surface area contributed by atoms with Crippen molar-refractivity contribution in [1.29, 1.82) is 0 Å². The van der Waals surface area contributed by atoms with Gasteiger partial charge in [0.25, 0.3) is 5.91 Å². The number of esters is 1. The molecule has 2 N–H and O–H groups in total. The van der Waals surface area contributed by atoms with Gasteiger partial charge in [-0.3, -0.25) is 10.1 Å². The molecule has 0 fully saturated rings. The molecule has 0 saturated heterocycles. The van der Waals surface area contributed by atoms with Crippen LogP contribution in [-0.2, 0) is 20.9 Å². The molecule has 1 aromatic carbocycles. The SMILES string of the molecule is CCNC(=O)NC(=O)C(C)OC(=O)C=Cc1c(C)nn(Cc2ccc(Cl)cc2Cl)c1Cl. The summed E-state index contributed by atoms with van der Waals surface area (Å²) in [5, 5.41) is 10.1. The van der Waals surface area contributed by atoms with E-state index in [2.05, 4.69) is 15.7 Å². The molecule has 0 bridgehead atoms. The second-order valence-corrected chi connectivity index (χ2v) is 7.65. The van der Waals surface area contributed by atoms with Gasteiger partial charge in [-0.25, -0.2) is 14.3 Å². The highest BCUT2D eigenvalue weighted by molar-refractivity contribution is 6.35. The molecule has 0 aliphatic rings. The smallest absolute Gasteiger partial charge is 0.331 e. The summed E-state index contributed by atoms with van der Waals surface area (Å²) in [5.41, 5.74) is 1.88. The highest BCUT2D eigenvalue weighted by atomic mass is 35.5. The first-order valence-electron chi connectivity index (χ1n) is 9.26. The van der Waals surface area contributed by atoms with Gasteiger partial charge in [-0.15, -0.1) is 0 Å². The molecular weight excluding hydrogens is 467 g/mol. The second kappa shape index (κ2) is 11.2. The minimum absolute atomic E-state index is 0.301. The summed E-state index contributed by atoms with van der Waals surface area (Å²) in [5.74, 6) is -1.52. The van der Waals surface area contributed by atoms with Gasteiger partial charge in [-0.1, -0.05) is 40.9 Å². The Morgan fingerprint density at radius 2 is 1.97 bits per heavy atom. The van der Waals surface area contributed by atoms with Gasteiger partial charge in [0.05, 0.1) is 12.2 Å². The van der Waals surface area contributed by atoms with Gasteiger partial charge >= 0.3 is 12.0 Å². The van der Waals surface area contributed by atoms with E-state index in [4.69, 9.17) is 39.5 Å². The predicted molar refractivity (Wildman–Crippen MR) is 119 cm³/mol. The molecule has 1 atom stereocenters. The fourth-order valence-corrected chi connectivity index (χ4v) is 3.27. The Hall–Kier alpha value is -2.55. The first-order chi connectivity index (χ1) is 14.6. The number of imide groups is 1. The van der Waals surface area contributed by atoms with Crippen molar-refractivity contribution in [2.24, 2.45) is 0 Å². The number of urea groups is 1. The molecule has 0 saturated carbocycles. The minimum atomic E-state index is -1.16. The highest BCUT2D eigenvalue weighted by Gasteiger charge is 2.19. The molecule has 2 rings (SSSR count). The number of amides is 3. The van der Waals surface area contributed by atoms with Gasteiger partial charge in [0.2, 0.25) is 0 Å². The van der Waals surface area contributed by atoms with Crippen LogP contribution in [0.25, 0.3) is 6.08 Å². The van der Waals surface area contributed by atoms with Gasteiger partial charge in [-0.2, -0.15) is 5.10 Å². The van der Waals surface area contributed by atoms with Crippen molar-refractivity contribution in [3.63, 3.8) is 0 Å². The van der Waals surface area contributed by atoms with Crippen LogP contribution in [0, 0.1) is 6.92 Å². The van der Waals surface area contributed by atoms with E-state index in [-0.39, 0.29) is 0 Å². The number of hydrogen-bond donors (Lipinski definition) is 2. The summed E-state index contributed by atoms with van der Waals surface area (Å²) in [6.45, 7) is 5.46. The number of aromatic nitrogens is 2. The molecule has 11 heteroatoms. The van der Waals surface area contributed by atoms with E-state index in [9.17, 15) is 14.4 Å². The normalized spacial score (nSPS) is 11.9. The van der Waals surface area contributed by atoms with E-state index in [1.54, 1.807) is 36.7 Å². The third-order valence-electron chi connectivity index (χ3n) is 4.07. The molecule has 1 unspecified atom stereocenters. The van der Waals surface area contributed by atoms with Crippen LogP contribution in [0.5, 0.6) is 0 Å². The van der Waals surface area contributed by atoms with E-state index in [1.165, 1.54) is 13.0 Å². The summed E-state index contributed by atoms with van der Waals surface area (Å²) in [6.07, 6.45) is 1.42. The van der Waals surface area contributed by atoms with Crippen molar-refractivity contribution in [3.05, 3.63) is 56.3 Å². The summed E-state index contributed by atoms with van der Waals surface area (Å²) >= 11 is 18.5. The Morgan fingerprint density at radius 3 is 2.61 bits per heavy atom. The second-order valence-electron chi connectivity index (χ2n) is 6.44. The van der Waals surface area contributed by atoms with Crippen LogP contribution in [0.4, 0.5) is 4.79 Å². The standard InChI is InChI=1S/C20H21Cl3N4O4/c1-4-24-20(30)25-19(29)12(3)31-17(28)8-7-15-11(2)26-27(18(15)23)10-13-5-6-14(21)9-16(13)22/h5-9,12H,4,10H2,1-3H3,(H2,24,25,29,30). The van der Waals surface area contributed by atoms with Crippen molar-refractivity contribution in [3.8, 4) is 0 Å². The maximum absolute atomic E-state index is 12.0. The van der Waals surface area contributed by atoms with Crippen molar-refractivity contribution in [1.82, 2.24) is 20.4 Å². The Bertz CT molecular complexity index is 1020. The summed E-state index contributed by atoms with van der Waals surface area (Å²) in [4.78, 5) is 35.3. The van der Waals surface area contributed by atoms with Gasteiger partial charge < -0.3 is 10.1 Å². The highest BCUT2D eigenvalue weighted by Crippen LogP contribution is 2.26. The Balaban J connectivity index is 2.04. The number of hydrogen-bond acceptors (Lipinski definition) is 5. The molecule has 31 heavy (non-hydrogen) atoms. The maximum Gasteiger partial charge on any atom is 0.331 e. The fourth-order valence-electron chi connectivity index (χ4n) is 2.51. The topological polar surface area (TPSA) is 102 Å². The number of ether oxygens (including phenoxy) is 1. The lowest BCUT2D eigenvalue weighted by molar-refractivity contribution is -0.149. The van der Waals surface area contributed by atoms with E-state index < -0.39 is 24.0 Å². The zero-order valence-electron chi connectivity index (χ0n) is 17.0. The number of benzene rings is 1. The van der Waals surface area contributed by atoms with E-state index in [0.29, 0.717) is 39.5 Å². The van der Waals surface area contributed by atoms with Gasteiger partial charge in [0.15, 0.2) is 6.10 Å². The monoisotopic (exact) mass is 486 g/mol. The van der Waals surface area contributed by atoms with Crippen molar-refractivity contribution in [2.75, 3.05) is 6.54 Å². The Kier molecular flexibility index (Phi) is 8.91. The van der Waals surface area contributed by atoms with Gasteiger partial charge in [0.1, 0.15) is 5.15 Å². The molecule has 166 valence electrons. The number of rotatable bonds is 7. The lowest BCUT2D eigenvalue weighted by Gasteiger charge is -2.11. The fraction of sp³-hybridized carbons (Fsp3) is 0.300. The first-order valence-corrected chi connectivity index (χ1v) is 10.4. The number of nitrogens with zero attached hydrogens (tertiary/aromatic N) is 2. The molecule has 0 spiro atoms. The zero-order chi connectivity index (χ0) is 23.1. The number of halogens is 3. The third-order valence-corrected chi connectivity index (χ3v) is 5.05. The van der Waals surface area contributed by atoms with Crippen LogP contribution in [0.2, 0.25) is 15.2 Å². The molecular formula is C20H21Cl3N4O4. The van der Waals surface area contributed by atoms with Crippen molar-refractivity contribution in [2.45, 2.75) is 33.4 Å². The molecule has 1 heterocycles. The predicted octanol–water partition coefficient (Wildman–Crippen LogP) is 3.99. The number of nitrogens with one attached hydrogen (secondary N) is 2. The third kappa shape index (κ3) is 6.99. The number of aryl methyl sites for hydroxylation is 1. The molecule has 0 aliphatic carbocycles. The maximum atomic E-state index is 12.0. The summed E-state index contributed by atoms with van der Waals surface area (Å²) in [6, 6.07) is 4.45. The number of carbonyl (C=O) groups is 3. The largest absolute Gasteiger partial charge is 0.449 e. The van der Waals surface area contributed by atoms with Crippen LogP contribution >= 0.6 is 34.8 Å². The lowest BCUT2D eigenvalue weighted by atomic mass is 10.2. The Labute approximate surface area is 194 Å². The van der Waals surface area contributed by atoms with Crippen molar-refractivity contribution < 1.29 is 19.1 Å². The molecule has 8 nitrogen and oxygen atoms in total. The van der Waals surface area contributed by atoms with Crippen LogP contribution in [0.15, 0.2) is 24.3 Å². The summed E-state index contributed by atoms with van der Waals surface area (Å²) < 4.78 is 6.55. The van der Waals surface area contributed by atoms with Crippen LogP contribution in [0.3, 0.4) is 0 Å². The minimum Gasteiger partial charge on any atom is -0.449 e. The van der Waals surface area contributed by atoms with Crippen LogP contribution in [-0.4, -0.2) is 40.3 Å². The molecule has 2 aromatic rings. The molecule has 3 amide bonds. The molecule has 0 aliphatic heterocycles. The zero-order valence-corrected chi connectivity index (χ0v) is 19.3. The summed E-state index contributed by atoms with van der Waals surface area (Å²) in [7, 11) is 0. The van der Waals surface area contributed by atoms with Crippen molar-refractivity contribution >= 4 is 58.8 Å². The van der Waals surface area contributed by atoms with Gasteiger partial charge in [0, 0.05) is 28.2 Å². The first kappa shape index (κ1) is 24.7. The number of carbonyl (C=O) groups excluding carboxylic acids is 3. The Morgan fingerprint density at radius 1 is 1.26 bits per heavy atom. The average Bonchev–Trinajstić information content (AvgIpc) is 2.95. The van der Waals surface area contributed by atoms with Crippen LogP contribution in [0.1, 0.15) is 30.7 Å². The van der Waals surface area contributed by atoms with Gasteiger partial charge in [-0.05, 0) is 44.5 Å². The van der Waals surface area contributed by atoms with E-state index in [0.717, 1.165) is 11.6 Å².